The van der Waals surface area contributed by atoms with Crippen LogP contribution in [0.5, 0.6) is 0 Å². The summed E-state index contributed by atoms with van der Waals surface area (Å²) in [7, 11) is 0. The van der Waals surface area contributed by atoms with Crippen LogP contribution in [0.1, 0.15) is 34.5 Å². The highest BCUT2D eigenvalue weighted by molar-refractivity contribution is 6.30. The van der Waals surface area contributed by atoms with Crippen molar-refractivity contribution in [3.8, 4) is 0 Å². The molecule has 1 aliphatic rings. The van der Waals surface area contributed by atoms with Crippen molar-refractivity contribution in [1.82, 2.24) is 5.32 Å². The minimum Gasteiger partial charge on any atom is -0.467 e. The maximum absolute atomic E-state index is 12.1. The molecule has 1 heterocycles. The van der Waals surface area contributed by atoms with Crippen molar-refractivity contribution in [2.75, 3.05) is 6.54 Å². The first-order chi connectivity index (χ1) is 10.1. The Morgan fingerprint density at radius 1 is 1.32 bits per heavy atom. The van der Waals surface area contributed by atoms with Crippen LogP contribution in [0, 0.1) is 0 Å². The first-order valence-electron chi connectivity index (χ1n) is 6.95. The smallest absolute Gasteiger partial charge is 0.254 e. The zero-order valence-corrected chi connectivity index (χ0v) is 13.5. The quantitative estimate of drug-likeness (QED) is 0.877. The van der Waals surface area contributed by atoms with E-state index in [0.717, 1.165) is 17.9 Å². The third kappa shape index (κ3) is 3.46. The summed E-state index contributed by atoms with van der Waals surface area (Å²) >= 11 is 5.92. The number of hydrogen-bond acceptors (Lipinski definition) is 3. The summed E-state index contributed by atoms with van der Waals surface area (Å²) in [5.74, 6) is 0.484. The minimum atomic E-state index is -0.126. The van der Waals surface area contributed by atoms with Crippen LogP contribution in [0.4, 0.5) is 0 Å². The average Bonchev–Trinajstić information content (AvgIpc) is 3.13. The second-order valence-corrected chi connectivity index (χ2v) is 5.91. The van der Waals surface area contributed by atoms with Crippen LogP contribution >= 0.6 is 24.0 Å². The molecule has 22 heavy (non-hydrogen) atoms. The second kappa shape index (κ2) is 6.73. The molecule has 3 rings (SSSR count). The van der Waals surface area contributed by atoms with Gasteiger partial charge in [0, 0.05) is 17.0 Å². The standard InChI is InChI=1S/C16H17ClN2O2.ClH/c17-13-3-1-12(2-4-13)16(5-6-16)10-19-15(20)11-7-14(8-18)21-9-11;/h1-4,7,9H,5-6,8,10,18H2,(H,19,20);1H. The number of carbonyl (C=O) groups excluding carboxylic acids is 1. The van der Waals surface area contributed by atoms with Crippen molar-refractivity contribution < 1.29 is 9.21 Å². The predicted molar refractivity (Wildman–Crippen MR) is 88.5 cm³/mol. The highest BCUT2D eigenvalue weighted by Gasteiger charge is 2.44. The molecule has 0 unspecified atom stereocenters. The first-order valence-corrected chi connectivity index (χ1v) is 7.32. The average molecular weight is 341 g/mol. The molecule has 0 aliphatic heterocycles. The van der Waals surface area contributed by atoms with Gasteiger partial charge in [-0.05, 0) is 36.6 Å². The monoisotopic (exact) mass is 340 g/mol. The Morgan fingerprint density at radius 2 is 2.00 bits per heavy atom. The number of benzene rings is 1. The molecule has 4 nitrogen and oxygen atoms in total. The van der Waals surface area contributed by atoms with Gasteiger partial charge in [-0.1, -0.05) is 23.7 Å². The lowest BCUT2D eigenvalue weighted by Crippen LogP contribution is -2.32. The van der Waals surface area contributed by atoms with Gasteiger partial charge in [-0.15, -0.1) is 12.4 Å². The number of nitrogens with two attached hydrogens (primary N) is 1. The van der Waals surface area contributed by atoms with E-state index in [-0.39, 0.29) is 23.7 Å². The fourth-order valence-electron chi connectivity index (χ4n) is 2.48. The van der Waals surface area contributed by atoms with E-state index >= 15 is 0 Å². The van der Waals surface area contributed by atoms with E-state index in [2.05, 4.69) is 5.32 Å². The lowest BCUT2D eigenvalue weighted by Gasteiger charge is -2.16. The largest absolute Gasteiger partial charge is 0.467 e. The van der Waals surface area contributed by atoms with Crippen molar-refractivity contribution in [3.05, 3.63) is 58.5 Å². The lowest BCUT2D eigenvalue weighted by atomic mass is 9.96. The van der Waals surface area contributed by atoms with Crippen molar-refractivity contribution in [2.24, 2.45) is 5.73 Å². The molecule has 0 spiro atoms. The SMILES string of the molecule is Cl.NCc1cc(C(=O)NCC2(c3ccc(Cl)cc3)CC2)co1. The molecule has 6 heteroatoms. The number of nitrogens with one attached hydrogen (secondary N) is 1. The van der Waals surface area contributed by atoms with Crippen LogP contribution in [0.15, 0.2) is 41.0 Å². The lowest BCUT2D eigenvalue weighted by molar-refractivity contribution is 0.0949. The molecule has 3 N–H and O–H groups in total. The van der Waals surface area contributed by atoms with Crippen molar-refractivity contribution in [2.45, 2.75) is 24.8 Å². The molecular weight excluding hydrogens is 323 g/mol. The summed E-state index contributed by atoms with van der Waals surface area (Å²) in [6.45, 7) is 0.915. The molecule has 118 valence electrons. The summed E-state index contributed by atoms with van der Waals surface area (Å²) in [5, 5.41) is 3.71. The van der Waals surface area contributed by atoms with E-state index < -0.39 is 0 Å². The van der Waals surface area contributed by atoms with E-state index in [1.165, 1.54) is 11.8 Å². The van der Waals surface area contributed by atoms with E-state index in [9.17, 15) is 4.79 Å². The molecular formula is C16H18Cl2N2O2. The summed E-state index contributed by atoms with van der Waals surface area (Å²) in [5.41, 5.74) is 7.26. The highest BCUT2D eigenvalue weighted by atomic mass is 35.5. The second-order valence-electron chi connectivity index (χ2n) is 5.48. The molecule has 1 aliphatic carbocycles. The molecule has 1 amide bonds. The number of amides is 1. The van der Waals surface area contributed by atoms with E-state index in [4.69, 9.17) is 21.8 Å². The fourth-order valence-corrected chi connectivity index (χ4v) is 2.61. The molecule has 2 aromatic rings. The highest BCUT2D eigenvalue weighted by Crippen LogP contribution is 2.47. The minimum absolute atomic E-state index is 0. The number of furan rings is 1. The molecule has 0 saturated heterocycles. The number of rotatable bonds is 5. The Bertz CT molecular complexity index is 648. The Morgan fingerprint density at radius 3 is 2.55 bits per heavy atom. The van der Waals surface area contributed by atoms with E-state index in [1.807, 2.05) is 24.3 Å². The molecule has 1 aromatic carbocycles. The Kier molecular flexibility index (Phi) is 5.16. The van der Waals surface area contributed by atoms with Gasteiger partial charge in [0.15, 0.2) is 0 Å². The van der Waals surface area contributed by atoms with Gasteiger partial charge < -0.3 is 15.5 Å². The van der Waals surface area contributed by atoms with Crippen LogP contribution in [-0.4, -0.2) is 12.5 Å². The Hall–Kier alpha value is -1.49. The molecule has 1 saturated carbocycles. The zero-order chi connectivity index (χ0) is 14.9. The number of hydrogen-bond donors (Lipinski definition) is 2. The summed E-state index contributed by atoms with van der Waals surface area (Å²) in [6.07, 6.45) is 3.60. The van der Waals surface area contributed by atoms with E-state index in [0.29, 0.717) is 24.4 Å². The van der Waals surface area contributed by atoms with Gasteiger partial charge in [0.05, 0.1) is 12.1 Å². The van der Waals surface area contributed by atoms with Crippen LogP contribution in [-0.2, 0) is 12.0 Å². The molecule has 0 atom stereocenters. The van der Waals surface area contributed by atoms with Crippen LogP contribution in [0.25, 0.3) is 0 Å². The molecule has 0 radical (unpaired) electrons. The van der Waals surface area contributed by atoms with Gasteiger partial charge in [-0.25, -0.2) is 0 Å². The van der Waals surface area contributed by atoms with Gasteiger partial charge in [0.1, 0.15) is 12.0 Å². The van der Waals surface area contributed by atoms with Gasteiger partial charge in [0.25, 0.3) is 5.91 Å². The van der Waals surface area contributed by atoms with Gasteiger partial charge in [0.2, 0.25) is 0 Å². The van der Waals surface area contributed by atoms with Crippen LogP contribution in [0.2, 0.25) is 5.02 Å². The number of halogens is 2. The van der Waals surface area contributed by atoms with E-state index in [1.54, 1.807) is 6.07 Å². The third-order valence-electron chi connectivity index (χ3n) is 4.01. The Labute approximate surface area is 140 Å². The summed E-state index contributed by atoms with van der Waals surface area (Å²) < 4.78 is 5.18. The molecule has 0 bridgehead atoms. The van der Waals surface area contributed by atoms with Gasteiger partial charge in [-0.3, -0.25) is 4.79 Å². The Balaban J connectivity index is 0.00000176. The predicted octanol–water partition coefficient (Wildman–Crippen LogP) is 3.28. The molecule has 1 aromatic heterocycles. The zero-order valence-electron chi connectivity index (χ0n) is 12.0. The summed E-state index contributed by atoms with van der Waals surface area (Å²) in [4.78, 5) is 12.1. The van der Waals surface area contributed by atoms with Gasteiger partial charge in [-0.2, -0.15) is 0 Å². The van der Waals surface area contributed by atoms with Crippen molar-refractivity contribution >= 4 is 29.9 Å². The first kappa shape index (κ1) is 16.9. The molecule has 1 fully saturated rings. The van der Waals surface area contributed by atoms with Crippen molar-refractivity contribution in [3.63, 3.8) is 0 Å². The topological polar surface area (TPSA) is 68.3 Å². The van der Waals surface area contributed by atoms with Crippen LogP contribution in [0.3, 0.4) is 0 Å². The third-order valence-corrected chi connectivity index (χ3v) is 4.27. The fraction of sp³-hybridized carbons (Fsp3) is 0.312. The maximum atomic E-state index is 12.1. The summed E-state index contributed by atoms with van der Waals surface area (Å²) in [6, 6.07) is 9.53. The normalized spacial score (nSPS) is 15.0. The maximum Gasteiger partial charge on any atom is 0.254 e. The number of carbonyl (C=O) groups is 1. The van der Waals surface area contributed by atoms with Gasteiger partial charge >= 0.3 is 0 Å². The van der Waals surface area contributed by atoms with Crippen molar-refractivity contribution in [1.29, 1.82) is 0 Å². The van der Waals surface area contributed by atoms with Crippen LogP contribution < -0.4 is 11.1 Å².